The Balaban J connectivity index is 1.17. The van der Waals surface area contributed by atoms with E-state index in [1.807, 2.05) is 29.2 Å². The lowest BCUT2D eigenvalue weighted by atomic mass is 9.93. The number of nitrogens with one attached hydrogen (secondary N) is 1. The molecule has 2 fully saturated rings. The summed E-state index contributed by atoms with van der Waals surface area (Å²) in [6, 6.07) is 18.3. The highest BCUT2D eigenvalue weighted by atomic mass is 16.5. The third-order valence-corrected chi connectivity index (χ3v) is 5.66. The van der Waals surface area contributed by atoms with E-state index in [0.29, 0.717) is 5.92 Å². The quantitative estimate of drug-likeness (QED) is 0.817. The summed E-state index contributed by atoms with van der Waals surface area (Å²) in [6.45, 7) is 1.75. The minimum absolute atomic E-state index is 0.0110. The molecular weight excluding hydrogens is 324 g/mol. The van der Waals surface area contributed by atoms with E-state index in [4.69, 9.17) is 4.74 Å². The zero-order valence-electron chi connectivity index (χ0n) is 15.2. The van der Waals surface area contributed by atoms with Crippen LogP contribution in [0.2, 0.25) is 0 Å². The lowest BCUT2D eigenvalue weighted by molar-refractivity contribution is 0.123. The Hall–Kier alpha value is -2.49. The van der Waals surface area contributed by atoms with Crippen molar-refractivity contribution in [1.82, 2.24) is 4.90 Å². The highest BCUT2D eigenvalue weighted by Crippen LogP contribution is 2.50. The number of urea groups is 1. The molecule has 1 saturated heterocycles. The number of nitrogens with zero attached hydrogens (tertiary/aromatic N) is 1. The third kappa shape index (κ3) is 3.85. The van der Waals surface area contributed by atoms with Crippen molar-refractivity contribution in [2.24, 2.45) is 11.8 Å². The highest BCUT2D eigenvalue weighted by Gasteiger charge is 2.39. The Morgan fingerprint density at radius 2 is 1.92 bits per heavy atom. The average molecular weight is 350 g/mol. The number of methoxy groups -OCH3 is 1. The number of benzene rings is 2. The van der Waals surface area contributed by atoms with Crippen molar-refractivity contribution < 1.29 is 9.53 Å². The maximum Gasteiger partial charge on any atom is 0.321 e. The van der Waals surface area contributed by atoms with E-state index in [1.165, 1.54) is 24.8 Å². The van der Waals surface area contributed by atoms with Crippen LogP contribution in [-0.2, 0) is 0 Å². The molecule has 4 nitrogen and oxygen atoms in total. The fourth-order valence-corrected chi connectivity index (χ4v) is 3.95. The van der Waals surface area contributed by atoms with E-state index in [-0.39, 0.29) is 6.03 Å². The van der Waals surface area contributed by atoms with Crippen molar-refractivity contribution in [2.45, 2.75) is 25.2 Å². The summed E-state index contributed by atoms with van der Waals surface area (Å²) < 4.78 is 5.19. The molecule has 1 N–H and O–H groups in total. The largest absolute Gasteiger partial charge is 0.497 e. The second-order valence-corrected chi connectivity index (χ2v) is 7.52. The molecule has 2 aromatic carbocycles. The van der Waals surface area contributed by atoms with Crippen LogP contribution in [-0.4, -0.2) is 31.1 Å². The van der Waals surface area contributed by atoms with Gasteiger partial charge in [-0.3, -0.25) is 0 Å². The zero-order valence-corrected chi connectivity index (χ0v) is 15.2. The molecule has 1 heterocycles. The van der Waals surface area contributed by atoms with Crippen LogP contribution in [0.4, 0.5) is 10.5 Å². The molecular formula is C22H26N2O2. The smallest absolute Gasteiger partial charge is 0.321 e. The first-order valence-corrected chi connectivity index (χ1v) is 9.48. The van der Waals surface area contributed by atoms with Crippen LogP contribution in [0.5, 0.6) is 5.75 Å². The van der Waals surface area contributed by atoms with E-state index in [9.17, 15) is 4.79 Å². The van der Waals surface area contributed by atoms with Crippen molar-refractivity contribution in [3.63, 3.8) is 0 Å². The van der Waals surface area contributed by atoms with E-state index in [1.54, 1.807) is 7.11 Å². The second kappa shape index (κ2) is 7.40. The number of anilines is 1. The van der Waals surface area contributed by atoms with E-state index >= 15 is 0 Å². The molecule has 2 amide bonds. The van der Waals surface area contributed by atoms with Gasteiger partial charge in [0, 0.05) is 24.8 Å². The SMILES string of the molecule is COc1cccc(NC(=O)N2CC(CCC3CC3c3ccccc3)C2)c1. The fourth-order valence-electron chi connectivity index (χ4n) is 3.95. The number of rotatable bonds is 6. The topological polar surface area (TPSA) is 41.6 Å². The average Bonchev–Trinajstić information content (AvgIpc) is 3.41. The molecule has 0 spiro atoms. The highest BCUT2D eigenvalue weighted by molar-refractivity contribution is 5.90. The Kier molecular flexibility index (Phi) is 4.83. The number of ether oxygens (including phenoxy) is 1. The number of hydrogen-bond donors (Lipinski definition) is 1. The van der Waals surface area contributed by atoms with Crippen molar-refractivity contribution in [1.29, 1.82) is 0 Å². The van der Waals surface area contributed by atoms with E-state index < -0.39 is 0 Å². The van der Waals surface area contributed by atoms with Gasteiger partial charge in [0.25, 0.3) is 0 Å². The maximum absolute atomic E-state index is 12.3. The Morgan fingerprint density at radius 3 is 2.69 bits per heavy atom. The van der Waals surface area contributed by atoms with E-state index in [0.717, 1.165) is 36.4 Å². The molecule has 0 bridgehead atoms. The number of likely N-dealkylation sites (tertiary alicyclic amines) is 1. The number of amides is 2. The van der Waals surface area contributed by atoms with Gasteiger partial charge >= 0.3 is 6.03 Å². The van der Waals surface area contributed by atoms with Gasteiger partial charge in [-0.15, -0.1) is 0 Å². The molecule has 1 saturated carbocycles. The van der Waals surface area contributed by atoms with Crippen LogP contribution in [0.3, 0.4) is 0 Å². The predicted molar refractivity (Wildman–Crippen MR) is 104 cm³/mol. The number of hydrogen-bond acceptors (Lipinski definition) is 2. The first-order chi connectivity index (χ1) is 12.7. The van der Waals surface area contributed by atoms with Gasteiger partial charge in [-0.1, -0.05) is 36.4 Å². The second-order valence-electron chi connectivity index (χ2n) is 7.52. The normalized spacial score (nSPS) is 21.8. The van der Waals surface area contributed by atoms with Crippen LogP contribution in [0, 0.1) is 11.8 Å². The summed E-state index contributed by atoms with van der Waals surface area (Å²) in [7, 11) is 1.63. The lowest BCUT2D eigenvalue weighted by Gasteiger charge is -2.39. The molecule has 2 aromatic rings. The minimum atomic E-state index is -0.0110. The first kappa shape index (κ1) is 17.0. The summed E-state index contributed by atoms with van der Waals surface area (Å²) in [5.74, 6) is 3.02. The van der Waals surface area contributed by atoms with Crippen LogP contribution < -0.4 is 10.1 Å². The summed E-state index contributed by atoms with van der Waals surface area (Å²) in [5.41, 5.74) is 2.27. The summed E-state index contributed by atoms with van der Waals surface area (Å²) >= 11 is 0. The van der Waals surface area contributed by atoms with Gasteiger partial charge in [-0.05, 0) is 54.7 Å². The van der Waals surface area contributed by atoms with E-state index in [2.05, 4.69) is 35.6 Å². The standard InChI is InChI=1S/C22H26N2O2/c1-26-20-9-5-8-19(13-20)23-22(25)24-14-16(15-24)10-11-18-12-21(18)17-6-3-2-4-7-17/h2-9,13,16,18,21H,10-12,14-15H2,1H3,(H,23,25). The molecule has 0 radical (unpaired) electrons. The maximum atomic E-state index is 12.3. The molecule has 0 aromatic heterocycles. The molecule has 1 aliphatic carbocycles. The third-order valence-electron chi connectivity index (χ3n) is 5.66. The van der Waals surface area contributed by atoms with Crippen molar-refractivity contribution in [3.05, 3.63) is 60.2 Å². The molecule has 136 valence electrons. The lowest BCUT2D eigenvalue weighted by Crippen LogP contribution is -2.51. The molecule has 2 atom stereocenters. The predicted octanol–water partition coefficient (Wildman–Crippen LogP) is 4.74. The molecule has 4 heteroatoms. The monoisotopic (exact) mass is 350 g/mol. The fraction of sp³-hybridized carbons (Fsp3) is 0.409. The Morgan fingerprint density at radius 1 is 1.12 bits per heavy atom. The Labute approximate surface area is 155 Å². The van der Waals surface area contributed by atoms with Gasteiger partial charge in [0.2, 0.25) is 0 Å². The molecule has 26 heavy (non-hydrogen) atoms. The molecule has 2 unspecified atom stereocenters. The first-order valence-electron chi connectivity index (χ1n) is 9.48. The van der Waals surface area contributed by atoms with Crippen molar-refractivity contribution >= 4 is 11.7 Å². The van der Waals surface area contributed by atoms with Crippen molar-refractivity contribution in [2.75, 3.05) is 25.5 Å². The number of carbonyl (C=O) groups is 1. The van der Waals surface area contributed by atoms with Crippen LogP contribution in [0.15, 0.2) is 54.6 Å². The van der Waals surface area contributed by atoms with Crippen molar-refractivity contribution in [3.8, 4) is 5.75 Å². The van der Waals surface area contributed by atoms with Gasteiger partial charge in [-0.25, -0.2) is 4.79 Å². The Bertz CT molecular complexity index is 756. The van der Waals surface area contributed by atoms with Gasteiger partial charge < -0.3 is 15.0 Å². The minimum Gasteiger partial charge on any atom is -0.497 e. The summed E-state index contributed by atoms with van der Waals surface area (Å²) in [5, 5.41) is 2.95. The van der Waals surface area contributed by atoms with Gasteiger partial charge in [0.05, 0.1) is 7.11 Å². The van der Waals surface area contributed by atoms with Gasteiger partial charge in [-0.2, -0.15) is 0 Å². The summed E-state index contributed by atoms with van der Waals surface area (Å²) in [6.07, 6.45) is 3.85. The van der Waals surface area contributed by atoms with Crippen LogP contribution in [0.25, 0.3) is 0 Å². The molecule has 1 aliphatic heterocycles. The number of carbonyl (C=O) groups excluding carboxylic acids is 1. The zero-order chi connectivity index (χ0) is 17.9. The van der Waals surface area contributed by atoms with Gasteiger partial charge in [0.1, 0.15) is 5.75 Å². The summed E-state index contributed by atoms with van der Waals surface area (Å²) in [4.78, 5) is 14.2. The van der Waals surface area contributed by atoms with Gasteiger partial charge in [0.15, 0.2) is 0 Å². The molecule has 4 rings (SSSR count). The van der Waals surface area contributed by atoms with Crippen LogP contribution >= 0.6 is 0 Å². The molecule has 2 aliphatic rings. The van der Waals surface area contributed by atoms with Crippen LogP contribution in [0.1, 0.15) is 30.7 Å².